The summed E-state index contributed by atoms with van der Waals surface area (Å²) >= 11 is 0. The van der Waals surface area contributed by atoms with Crippen molar-refractivity contribution < 1.29 is 33.0 Å². The summed E-state index contributed by atoms with van der Waals surface area (Å²) in [6.07, 6.45) is -1.94. The van der Waals surface area contributed by atoms with E-state index in [1.807, 2.05) is 48.5 Å². The van der Waals surface area contributed by atoms with Crippen molar-refractivity contribution in [2.75, 3.05) is 13.2 Å². The molecule has 1 aliphatic heterocycles. The number of carboxylic acids is 1. The number of ether oxygens (including phenoxy) is 1. The minimum absolute atomic E-state index is 0.0953. The number of likely N-dealkylation sites (tertiary alicyclic amines) is 1. The van der Waals surface area contributed by atoms with Crippen LogP contribution in [0.25, 0.3) is 11.1 Å². The first-order valence-corrected chi connectivity index (χ1v) is 11.6. The van der Waals surface area contributed by atoms with Gasteiger partial charge in [-0.2, -0.15) is 0 Å². The van der Waals surface area contributed by atoms with Gasteiger partial charge in [0.25, 0.3) is 5.92 Å². The number of carboxylic acid groups (broad SMARTS) is 1. The topological polar surface area (TPSA) is 95.9 Å². The van der Waals surface area contributed by atoms with Gasteiger partial charge in [0.15, 0.2) is 0 Å². The Labute approximate surface area is 202 Å². The first kappa shape index (κ1) is 24.6. The minimum atomic E-state index is -3.26. The average Bonchev–Trinajstić information content (AvgIpc) is 3.31. The van der Waals surface area contributed by atoms with Crippen molar-refractivity contribution >= 4 is 18.0 Å². The second-order valence-electron chi connectivity index (χ2n) is 9.46. The summed E-state index contributed by atoms with van der Waals surface area (Å²) < 4.78 is 33.1. The molecule has 9 heteroatoms. The highest BCUT2D eigenvalue weighted by Crippen LogP contribution is 2.44. The van der Waals surface area contributed by atoms with Gasteiger partial charge in [-0.25, -0.2) is 18.4 Å². The van der Waals surface area contributed by atoms with E-state index in [1.165, 1.54) is 0 Å². The minimum Gasteiger partial charge on any atom is -0.480 e. The molecule has 0 aromatic heterocycles. The van der Waals surface area contributed by atoms with Gasteiger partial charge >= 0.3 is 12.1 Å². The number of nitrogens with zero attached hydrogens (tertiary/aromatic N) is 1. The van der Waals surface area contributed by atoms with Crippen molar-refractivity contribution in [3.8, 4) is 11.1 Å². The number of amides is 2. The predicted octanol–water partition coefficient (Wildman–Crippen LogP) is 4.26. The lowest BCUT2D eigenvalue weighted by Gasteiger charge is -2.26. The number of benzene rings is 2. The van der Waals surface area contributed by atoms with Crippen LogP contribution in [0.1, 0.15) is 43.7 Å². The average molecular weight is 487 g/mol. The van der Waals surface area contributed by atoms with Crippen LogP contribution in [0.15, 0.2) is 48.5 Å². The predicted molar refractivity (Wildman–Crippen MR) is 124 cm³/mol. The Balaban J connectivity index is 1.39. The maximum absolute atomic E-state index is 13.8. The number of carbonyl (C=O) groups is 3. The summed E-state index contributed by atoms with van der Waals surface area (Å²) in [5.41, 5.74) is 4.31. The molecule has 2 amide bonds. The molecule has 0 bridgehead atoms. The highest BCUT2D eigenvalue weighted by Gasteiger charge is 2.50. The fourth-order valence-corrected chi connectivity index (χ4v) is 4.85. The van der Waals surface area contributed by atoms with E-state index in [4.69, 9.17) is 4.74 Å². The number of hydrogen-bond donors (Lipinski definition) is 2. The van der Waals surface area contributed by atoms with E-state index in [0.717, 1.165) is 22.3 Å². The third kappa shape index (κ3) is 5.13. The first-order chi connectivity index (χ1) is 16.6. The smallest absolute Gasteiger partial charge is 0.407 e. The highest BCUT2D eigenvalue weighted by atomic mass is 19.3. The van der Waals surface area contributed by atoms with Crippen LogP contribution in [0.3, 0.4) is 0 Å². The number of hydrogen-bond acceptors (Lipinski definition) is 4. The summed E-state index contributed by atoms with van der Waals surface area (Å²) in [5, 5.41) is 11.9. The molecule has 2 N–H and O–H groups in total. The van der Waals surface area contributed by atoms with Crippen molar-refractivity contribution in [3.63, 3.8) is 0 Å². The van der Waals surface area contributed by atoms with E-state index >= 15 is 0 Å². The first-order valence-electron chi connectivity index (χ1n) is 11.6. The number of nitrogens with one attached hydrogen (secondary N) is 1. The number of fused-ring (bicyclic) bond motifs is 3. The van der Waals surface area contributed by atoms with Crippen molar-refractivity contribution in [1.82, 2.24) is 10.2 Å². The van der Waals surface area contributed by atoms with Crippen molar-refractivity contribution in [3.05, 3.63) is 59.7 Å². The summed E-state index contributed by atoms with van der Waals surface area (Å²) in [6.45, 7) is 2.69. The monoisotopic (exact) mass is 486 g/mol. The molecule has 2 aromatic carbocycles. The van der Waals surface area contributed by atoms with E-state index in [2.05, 4.69) is 5.32 Å². The van der Waals surface area contributed by atoms with E-state index < -0.39 is 48.9 Å². The third-order valence-corrected chi connectivity index (χ3v) is 6.72. The van der Waals surface area contributed by atoms with Crippen LogP contribution >= 0.6 is 0 Å². The largest absolute Gasteiger partial charge is 0.480 e. The number of alkyl halides is 2. The van der Waals surface area contributed by atoms with Gasteiger partial charge < -0.3 is 20.1 Å². The number of carbonyl (C=O) groups excluding carboxylic acids is 2. The van der Waals surface area contributed by atoms with Gasteiger partial charge in [0, 0.05) is 24.8 Å². The summed E-state index contributed by atoms with van der Waals surface area (Å²) in [4.78, 5) is 37.4. The molecule has 1 saturated heterocycles. The molecule has 1 fully saturated rings. The van der Waals surface area contributed by atoms with Gasteiger partial charge in [-0.3, -0.25) is 4.79 Å². The molecule has 2 aromatic rings. The van der Waals surface area contributed by atoms with Crippen LogP contribution in [0.4, 0.5) is 13.6 Å². The highest BCUT2D eigenvalue weighted by molar-refractivity contribution is 5.85. The fourth-order valence-electron chi connectivity index (χ4n) is 4.85. The zero-order chi connectivity index (χ0) is 25.3. The molecule has 1 heterocycles. The van der Waals surface area contributed by atoms with Gasteiger partial charge in [-0.1, -0.05) is 62.4 Å². The van der Waals surface area contributed by atoms with Crippen molar-refractivity contribution in [1.29, 1.82) is 0 Å². The number of halogens is 2. The van der Waals surface area contributed by atoms with Crippen molar-refractivity contribution in [2.24, 2.45) is 5.92 Å². The molecule has 2 aliphatic rings. The lowest BCUT2D eigenvalue weighted by Crippen LogP contribution is -2.46. The van der Waals surface area contributed by atoms with Gasteiger partial charge in [-0.15, -0.1) is 0 Å². The summed E-state index contributed by atoms with van der Waals surface area (Å²) in [7, 11) is 0. The van der Waals surface area contributed by atoms with Crippen molar-refractivity contribution in [2.45, 2.75) is 50.6 Å². The molecule has 2 atom stereocenters. The fraction of sp³-hybridized carbons (Fsp3) is 0.423. The third-order valence-electron chi connectivity index (χ3n) is 6.72. The molecule has 0 saturated carbocycles. The molecule has 1 unspecified atom stereocenters. The quantitative estimate of drug-likeness (QED) is 0.610. The Kier molecular flexibility index (Phi) is 6.78. The molecular weight excluding hydrogens is 458 g/mol. The van der Waals surface area contributed by atoms with Crippen LogP contribution in [-0.4, -0.2) is 59.1 Å². The molecule has 7 nitrogen and oxygen atoms in total. The van der Waals surface area contributed by atoms with E-state index in [-0.39, 0.29) is 24.9 Å². The van der Waals surface area contributed by atoms with Crippen LogP contribution in [0.2, 0.25) is 0 Å². The molecule has 0 radical (unpaired) electrons. The molecular formula is C26H28F2N2O5. The van der Waals surface area contributed by atoms with Gasteiger partial charge in [0.2, 0.25) is 5.91 Å². The summed E-state index contributed by atoms with van der Waals surface area (Å²) in [5.74, 6) is -5.82. The van der Waals surface area contributed by atoms with E-state index in [0.29, 0.717) is 4.90 Å². The van der Waals surface area contributed by atoms with E-state index in [9.17, 15) is 28.3 Å². The van der Waals surface area contributed by atoms with Gasteiger partial charge in [-0.05, 0) is 28.2 Å². The lowest BCUT2D eigenvalue weighted by atomic mass is 9.98. The Morgan fingerprint density at radius 2 is 1.66 bits per heavy atom. The molecule has 35 heavy (non-hydrogen) atoms. The Bertz CT molecular complexity index is 1090. The molecule has 1 aliphatic carbocycles. The Morgan fingerprint density at radius 1 is 1.09 bits per heavy atom. The lowest BCUT2D eigenvalue weighted by molar-refractivity contribution is -0.148. The molecule has 186 valence electrons. The SMILES string of the molecule is CC(C)C(CC(=O)N1CC(F)(F)C[C@H]1C(=O)O)NC(=O)OCC1c2ccccc2-c2ccccc21. The second-order valence-corrected chi connectivity index (χ2v) is 9.46. The van der Waals surface area contributed by atoms with Gasteiger partial charge in [0.05, 0.1) is 6.54 Å². The maximum atomic E-state index is 13.8. The Morgan fingerprint density at radius 3 is 2.20 bits per heavy atom. The maximum Gasteiger partial charge on any atom is 0.407 e. The van der Waals surface area contributed by atoms with Crippen LogP contribution in [0.5, 0.6) is 0 Å². The second kappa shape index (κ2) is 9.64. The summed E-state index contributed by atoms with van der Waals surface area (Å²) in [6, 6.07) is 13.6. The normalized spacial score (nSPS) is 19.2. The van der Waals surface area contributed by atoms with E-state index in [1.54, 1.807) is 13.8 Å². The molecule has 0 spiro atoms. The van der Waals surface area contributed by atoms with Crippen LogP contribution < -0.4 is 5.32 Å². The number of rotatable bonds is 7. The zero-order valence-electron chi connectivity index (χ0n) is 19.5. The van der Waals surface area contributed by atoms with Crippen LogP contribution in [0, 0.1) is 5.92 Å². The Hall–Kier alpha value is -3.49. The molecule has 4 rings (SSSR count). The van der Waals surface area contributed by atoms with Crippen LogP contribution in [-0.2, 0) is 14.3 Å². The standard InChI is InChI=1S/C26H28F2N2O5/c1-15(2)21(11-23(31)30-14-26(27,28)12-22(30)24(32)33)29-25(34)35-13-20-18-9-5-3-7-16(18)17-8-4-6-10-19(17)20/h3-10,15,20-22H,11-14H2,1-2H3,(H,29,34)(H,32,33)/t21?,22-/m0/s1. The van der Waals surface area contributed by atoms with Gasteiger partial charge in [0.1, 0.15) is 12.6 Å². The number of alkyl carbamates (subject to hydrolysis) is 1. The number of aliphatic carboxylic acids is 1. The zero-order valence-corrected chi connectivity index (χ0v) is 19.5.